The number of rotatable bonds is 2. The highest BCUT2D eigenvalue weighted by atomic mass is 32.2. The van der Waals surface area contributed by atoms with Crippen molar-refractivity contribution in [3.8, 4) is 0 Å². The summed E-state index contributed by atoms with van der Waals surface area (Å²) in [6, 6.07) is 3.46. The minimum absolute atomic E-state index is 0.382. The number of aryl methyl sites for hydroxylation is 1. The Bertz CT molecular complexity index is 630. The van der Waals surface area contributed by atoms with Gasteiger partial charge in [-0.2, -0.15) is 4.31 Å². The molecule has 110 valence electrons. The molecular formula is C12H16N2O4S2. The second kappa shape index (κ2) is 4.71. The fourth-order valence-electron chi connectivity index (χ4n) is 2.59. The fraction of sp³-hybridized carbons (Fsp3) is 0.583. The van der Waals surface area contributed by atoms with Crippen molar-refractivity contribution < 1.29 is 17.9 Å². The molecule has 1 amide bonds. The molecule has 1 aromatic heterocycles. The van der Waals surface area contributed by atoms with E-state index in [1.54, 1.807) is 6.07 Å². The number of sulfonamides is 1. The van der Waals surface area contributed by atoms with Gasteiger partial charge in [0.1, 0.15) is 9.81 Å². The van der Waals surface area contributed by atoms with Gasteiger partial charge in [0.15, 0.2) is 0 Å². The molecule has 2 aliphatic heterocycles. The molecular weight excluding hydrogens is 300 g/mol. The summed E-state index contributed by atoms with van der Waals surface area (Å²) in [6.45, 7) is 3.12. The van der Waals surface area contributed by atoms with Crippen LogP contribution in [0, 0.1) is 6.92 Å². The van der Waals surface area contributed by atoms with Crippen molar-refractivity contribution in [3.05, 3.63) is 17.0 Å². The molecule has 2 aliphatic rings. The molecule has 1 spiro atoms. The number of piperidine rings is 1. The van der Waals surface area contributed by atoms with Gasteiger partial charge >= 0.3 is 6.09 Å². The van der Waals surface area contributed by atoms with Crippen LogP contribution in [0.5, 0.6) is 0 Å². The van der Waals surface area contributed by atoms with Gasteiger partial charge < -0.3 is 10.1 Å². The number of carbonyl (C=O) groups is 1. The van der Waals surface area contributed by atoms with Crippen molar-refractivity contribution in [2.24, 2.45) is 0 Å². The largest absolute Gasteiger partial charge is 0.441 e. The molecule has 2 fully saturated rings. The Balaban J connectivity index is 1.73. The maximum Gasteiger partial charge on any atom is 0.407 e. The predicted molar refractivity (Wildman–Crippen MR) is 74.3 cm³/mol. The molecule has 1 aromatic rings. The first kappa shape index (κ1) is 13.8. The summed E-state index contributed by atoms with van der Waals surface area (Å²) in [5, 5.41) is 2.64. The minimum atomic E-state index is -3.41. The zero-order chi connectivity index (χ0) is 14.4. The Kier molecular flexibility index (Phi) is 3.26. The fourth-order valence-corrected chi connectivity index (χ4v) is 5.47. The van der Waals surface area contributed by atoms with E-state index >= 15 is 0 Å². The quantitative estimate of drug-likeness (QED) is 0.893. The number of alkyl carbamates (subject to hydrolysis) is 1. The van der Waals surface area contributed by atoms with Crippen LogP contribution in [-0.4, -0.2) is 44.1 Å². The number of nitrogens with one attached hydrogen (secondary N) is 1. The second-order valence-corrected chi connectivity index (χ2v) is 8.65. The number of ether oxygens (including phenoxy) is 1. The van der Waals surface area contributed by atoms with E-state index in [2.05, 4.69) is 5.32 Å². The summed E-state index contributed by atoms with van der Waals surface area (Å²) in [5.41, 5.74) is -0.519. The summed E-state index contributed by atoms with van der Waals surface area (Å²) in [7, 11) is -3.41. The first-order valence-electron chi connectivity index (χ1n) is 6.45. The third-order valence-electron chi connectivity index (χ3n) is 3.81. The summed E-state index contributed by atoms with van der Waals surface area (Å²) in [5.74, 6) is 0. The van der Waals surface area contributed by atoms with Crippen LogP contribution in [0.25, 0.3) is 0 Å². The number of carbonyl (C=O) groups excluding carboxylic acids is 1. The van der Waals surface area contributed by atoms with Gasteiger partial charge in [0.25, 0.3) is 10.0 Å². The maximum atomic E-state index is 12.5. The normalized spacial score (nSPS) is 22.8. The van der Waals surface area contributed by atoms with E-state index in [0.29, 0.717) is 36.7 Å². The molecule has 0 atom stereocenters. The topological polar surface area (TPSA) is 75.7 Å². The molecule has 0 bridgehead atoms. The van der Waals surface area contributed by atoms with E-state index in [-0.39, 0.29) is 0 Å². The van der Waals surface area contributed by atoms with Gasteiger partial charge in [-0.15, -0.1) is 11.3 Å². The second-order valence-electron chi connectivity index (χ2n) is 5.20. The Hall–Kier alpha value is -1.12. The van der Waals surface area contributed by atoms with Crippen LogP contribution in [0.1, 0.15) is 17.7 Å². The molecule has 20 heavy (non-hydrogen) atoms. The SMILES string of the molecule is Cc1ccc(S(=O)(=O)N2CCC3(CC2)CNC(=O)O3)s1. The summed E-state index contributed by atoms with van der Waals surface area (Å²) >= 11 is 1.29. The van der Waals surface area contributed by atoms with E-state index in [9.17, 15) is 13.2 Å². The molecule has 3 heterocycles. The zero-order valence-corrected chi connectivity index (χ0v) is 12.7. The molecule has 6 nitrogen and oxygen atoms in total. The lowest BCUT2D eigenvalue weighted by molar-refractivity contribution is 0.0173. The van der Waals surface area contributed by atoms with Crippen molar-refractivity contribution in [3.63, 3.8) is 0 Å². The Labute approximate surface area is 121 Å². The third kappa shape index (κ3) is 2.32. The molecule has 0 unspecified atom stereocenters. The van der Waals surface area contributed by atoms with E-state index in [1.165, 1.54) is 15.6 Å². The first-order chi connectivity index (χ1) is 9.41. The van der Waals surface area contributed by atoms with Crippen LogP contribution < -0.4 is 5.32 Å². The lowest BCUT2D eigenvalue weighted by Gasteiger charge is -2.36. The summed E-state index contributed by atoms with van der Waals surface area (Å²) in [4.78, 5) is 12.1. The molecule has 0 aliphatic carbocycles. The van der Waals surface area contributed by atoms with Gasteiger partial charge in [0.2, 0.25) is 0 Å². The first-order valence-corrected chi connectivity index (χ1v) is 8.70. The number of thiophene rings is 1. The predicted octanol–water partition coefficient (Wildman–Crippen LogP) is 1.32. The van der Waals surface area contributed by atoms with Gasteiger partial charge in [-0.1, -0.05) is 0 Å². The smallest absolute Gasteiger partial charge is 0.407 e. The Morgan fingerprint density at radius 3 is 2.55 bits per heavy atom. The Morgan fingerprint density at radius 1 is 1.35 bits per heavy atom. The van der Waals surface area contributed by atoms with Gasteiger partial charge in [-0.3, -0.25) is 0 Å². The van der Waals surface area contributed by atoms with Crippen molar-refractivity contribution in [2.45, 2.75) is 29.6 Å². The standard InChI is InChI=1S/C12H16N2O4S2/c1-9-2-3-10(19-9)20(16,17)14-6-4-12(5-7-14)8-13-11(15)18-12/h2-3H,4-8H2,1H3,(H,13,15). The monoisotopic (exact) mass is 316 g/mol. The van der Waals surface area contributed by atoms with Crippen molar-refractivity contribution in [2.75, 3.05) is 19.6 Å². The van der Waals surface area contributed by atoms with E-state index < -0.39 is 21.7 Å². The third-order valence-corrected chi connectivity index (χ3v) is 7.17. The van der Waals surface area contributed by atoms with E-state index in [1.807, 2.05) is 13.0 Å². The van der Waals surface area contributed by atoms with Crippen LogP contribution in [0.15, 0.2) is 16.3 Å². The number of amides is 1. The molecule has 0 saturated carbocycles. The molecule has 2 saturated heterocycles. The Morgan fingerprint density at radius 2 is 2.05 bits per heavy atom. The molecule has 0 radical (unpaired) electrons. The van der Waals surface area contributed by atoms with Crippen molar-refractivity contribution >= 4 is 27.5 Å². The van der Waals surface area contributed by atoms with Gasteiger partial charge in [0.05, 0.1) is 6.54 Å². The molecule has 3 rings (SSSR count). The lowest BCUT2D eigenvalue weighted by Crippen LogP contribution is -2.48. The number of nitrogens with zero attached hydrogens (tertiary/aromatic N) is 1. The molecule has 1 N–H and O–H groups in total. The van der Waals surface area contributed by atoms with E-state index in [4.69, 9.17) is 4.74 Å². The minimum Gasteiger partial charge on any atom is -0.441 e. The van der Waals surface area contributed by atoms with Crippen LogP contribution in [-0.2, 0) is 14.8 Å². The highest BCUT2D eigenvalue weighted by molar-refractivity contribution is 7.91. The van der Waals surface area contributed by atoms with Crippen molar-refractivity contribution in [1.29, 1.82) is 0 Å². The lowest BCUT2D eigenvalue weighted by atomic mass is 9.93. The van der Waals surface area contributed by atoms with Gasteiger partial charge in [-0.25, -0.2) is 13.2 Å². The van der Waals surface area contributed by atoms with Gasteiger partial charge in [0, 0.05) is 30.8 Å². The molecule has 0 aromatic carbocycles. The average Bonchev–Trinajstić information content (AvgIpc) is 2.98. The van der Waals surface area contributed by atoms with Crippen LogP contribution >= 0.6 is 11.3 Å². The number of hydrogen-bond donors (Lipinski definition) is 1. The van der Waals surface area contributed by atoms with Crippen LogP contribution in [0.3, 0.4) is 0 Å². The molecule has 8 heteroatoms. The summed E-state index contributed by atoms with van der Waals surface area (Å²) < 4.78 is 32.1. The van der Waals surface area contributed by atoms with Crippen molar-refractivity contribution in [1.82, 2.24) is 9.62 Å². The number of hydrogen-bond acceptors (Lipinski definition) is 5. The highest BCUT2D eigenvalue weighted by Crippen LogP contribution is 2.33. The van der Waals surface area contributed by atoms with Crippen LogP contribution in [0.4, 0.5) is 4.79 Å². The summed E-state index contributed by atoms with van der Waals surface area (Å²) in [6.07, 6.45) is 0.667. The average molecular weight is 316 g/mol. The van der Waals surface area contributed by atoms with Gasteiger partial charge in [-0.05, 0) is 19.1 Å². The highest BCUT2D eigenvalue weighted by Gasteiger charge is 2.45. The zero-order valence-electron chi connectivity index (χ0n) is 11.1. The maximum absolute atomic E-state index is 12.5. The van der Waals surface area contributed by atoms with E-state index in [0.717, 1.165) is 4.88 Å². The van der Waals surface area contributed by atoms with Crippen LogP contribution in [0.2, 0.25) is 0 Å².